The Labute approximate surface area is 187 Å². The number of amides is 2. The highest BCUT2D eigenvalue weighted by molar-refractivity contribution is 5.99. The number of carbonyl (C=O) groups excluding carboxylic acids is 2. The number of nitrogens with zero attached hydrogens (tertiary/aromatic N) is 2. The Hall–Kier alpha value is -2.93. The van der Waals surface area contributed by atoms with E-state index in [1.165, 1.54) is 0 Å². The lowest BCUT2D eigenvalue weighted by atomic mass is 9.84. The number of hydrogen-bond acceptors (Lipinski definition) is 5. The third kappa shape index (κ3) is 4.09. The van der Waals surface area contributed by atoms with Crippen LogP contribution in [0.25, 0.3) is 0 Å². The molecule has 2 aromatic rings. The quantitative estimate of drug-likeness (QED) is 0.680. The maximum absolute atomic E-state index is 16.8. The lowest BCUT2D eigenvalue weighted by molar-refractivity contribution is -0.142. The highest BCUT2D eigenvalue weighted by Crippen LogP contribution is 2.42. The van der Waals surface area contributed by atoms with Crippen LogP contribution in [0.3, 0.4) is 0 Å². The van der Waals surface area contributed by atoms with Crippen LogP contribution in [0.15, 0.2) is 54.6 Å². The molecule has 2 fully saturated rings. The number of alkyl halides is 1. The van der Waals surface area contributed by atoms with Crippen molar-refractivity contribution in [3.63, 3.8) is 0 Å². The number of carbonyl (C=O) groups is 2. The summed E-state index contributed by atoms with van der Waals surface area (Å²) in [4.78, 5) is 29.0. The van der Waals surface area contributed by atoms with E-state index in [1.54, 1.807) is 31.4 Å². The average molecular weight is 441 g/mol. The first-order chi connectivity index (χ1) is 15.3. The fourth-order valence-electron chi connectivity index (χ4n) is 4.65. The molecule has 7 heteroatoms. The van der Waals surface area contributed by atoms with E-state index in [0.717, 1.165) is 10.5 Å². The van der Waals surface area contributed by atoms with Gasteiger partial charge in [0.25, 0.3) is 5.91 Å². The van der Waals surface area contributed by atoms with Gasteiger partial charge in [-0.3, -0.25) is 9.69 Å². The van der Waals surface area contributed by atoms with Gasteiger partial charge in [-0.25, -0.2) is 14.1 Å². The molecule has 1 unspecified atom stereocenters. The number of methoxy groups -OCH3 is 1. The largest absolute Gasteiger partial charge is 0.497 e. The number of rotatable bonds is 6. The number of benzene rings is 2. The van der Waals surface area contributed by atoms with Crippen LogP contribution >= 0.6 is 0 Å². The summed E-state index contributed by atoms with van der Waals surface area (Å²) in [5.41, 5.74) is -0.510. The molecule has 0 aliphatic carbocycles. The molecule has 2 saturated heterocycles. The topological polar surface area (TPSA) is 59.1 Å². The normalized spacial score (nSPS) is 25.9. The van der Waals surface area contributed by atoms with Crippen molar-refractivity contribution < 1.29 is 23.5 Å². The second-order valence-corrected chi connectivity index (χ2v) is 8.91. The Morgan fingerprint density at radius 2 is 1.88 bits per heavy atom. The minimum atomic E-state index is -2.25. The summed E-state index contributed by atoms with van der Waals surface area (Å²) in [5, 5.41) is 0. The van der Waals surface area contributed by atoms with Gasteiger partial charge in [0.1, 0.15) is 12.4 Å². The SMILES string of the molecule is COc1ccc([C@H]2CN(Cc3ccccc3)C[C@]2(F)C(=O)N2C(=O)OCC2C(C)C)cc1. The molecule has 0 saturated carbocycles. The predicted molar refractivity (Wildman–Crippen MR) is 118 cm³/mol. The van der Waals surface area contributed by atoms with Gasteiger partial charge in [-0.1, -0.05) is 56.3 Å². The molecule has 170 valence electrons. The maximum Gasteiger partial charge on any atom is 0.417 e. The summed E-state index contributed by atoms with van der Waals surface area (Å²) < 4.78 is 27.1. The van der Waals surface area contributed by atoms with Crippen molar-refractivity contribution in [3.8, 4) is 5.75 Å². The summed E-state index contributed by atoms with van der Waals surface area (Å²) in [7, 11) is 1.57. The van der Waals surface area contributed by atoms with Crippen molar-refractivity contribution in [1.82, 2.24) is 9.80 Å². The molecule has 2 heterocycles. The fourth-order valence-corrected chi connectivity index (χ4v) is 4.65. The van der Waals surface area contributed by atoms with Crippen LogP contribution in [0, 0.1) is 5.92 Å². The van der Waals surface area contributed by atoms with E-state index in [1.807, 2.05) is 49.1 Å². The minimum absolute atomic E-state index is 0.0322. The molecule has 2 aromatic carbocycles. The van der Waals surface area contributed by atoms with Gasteiger partial charge in [0, 0.05) is 25.6 Å². The average Bonchev–Trinajstić information content (AvgIpc) is 3.34. The van der Waals surface area contributed by atoms with Crippen molar-refractivity contribution >= 4 is 12.0 Å². The monoisotopic (exact) mass is 440 g/mol. The van der Waals surface area contributed by atoms with Crippen LogP contribution in [0.1, 0.15) is 30.9 Å². The van der Waals surface area contributed by atoms with Crippen LogP contribution in [0.4, 0.5) is 9.18 Å². The number of hydrogen-bond donors (Lipinski definition) is 0. The smallest absolute Gasteiger partial charge is 0.417 e. The third-order valence-corrected chi connectivity index (χ3v) is 6.46. The highest BCUT2D eigenvalue weighted by Gasteiger charge is 2.58. The van der Waals surface area contributed by atoms with Gasteiger partial charge in [0.05, 0.1) is 13.2 Å². The van der Waals surface area contributed by atoms with Crippen LogP contribution in [0.2, 0.25) is 0 Å². The van der Waals surface area contributed by atoms with E-state index < -0.39 is 29.6 Å². The van der Waals surface area contributed by atoms with Crippen LogP contribution in [-0.2, 0) is 16.1 Å². The van der Waals surface area contributed by atoms with Gasteiger partial charge in [-0.05, 0) is 29.2 Å². The van der Waals surface area contributed by atoms with Crippen molar-refractivity contribution in [1.29, 1.82) is 0 Å². The zero-order valence-electron chi connectivity index (χ0n) is 18.7. The van der Waals surface area contributed by atoms with E-state index in [9.17, 15) is 9.59 Å². The van der Waals surface area contributed by atoms with E-state index in [4.69, 9.17) is 9.47 Å². The Morgan fingerprint density at radius 3 is 2.50 bits per heavy atom. The molecule has 2 amide bonds. The van der Waals surface area contributed by atoms with Gasteiger partial charge in [-0.15, -0.1) is 0 Å². The van der Waals surface area contributed by atoms with Crippen molar-refractivity contribution in [2.24, 2.45) is 5.92 Å². The van der Waals surface area contributed by atoms with Gasteiger partial charge >= 0.3 is 6.09 Å². The van der Waals surface area contributed by atoms with E-state index in [2.05, 4.69) is 0 Å². The number of ether oxygens (including phenoxy) is 2. The van der Waals surface area contributed by atoms with Crippen molar-refractivity contribution in [2.45, 2.75) is 38.0 Å². The molecule has 3 atom stereocenters. The standard InChI is InChI=1S/C25H29FN2O4/c1-17(2)22-15-32-24(30)28(22)23(29)25(26)16-27(13-18-7-5-4-6-8-18)14-21(25)19-9-11-20(31-3)12-10-19/h4-12,17,21-22H,13-16H2,1-3H3/t21-,22?,25-/m1/s1. The van der Waals surface area contributed by atoms with Gasteiger partial charge in [0.15, 0.2) is 0 Å². The first-order valence-corrected chi connectivity index (χ1v) is 10.9. The summed E-state index contributed by atoms with van der Waals surface area (Å²) >= 11 is 0. The van der Waals surface area contributed by atoms with E-state index >= 15 is 4.39 Å². The molecule has 2 aliphatic rings. The fraction of sp³-hybridized carbons (Fsp3) is 0.440. The summed E-state index contributed by atoms with van der Waals surface area (Å²) in [6.07, 6.45) is -0.763. The van der Waals surface area contributed by atoms with Crippen molar-refractivity contribution in [3.05, 3.63) is 65.7 Å². The first kappa shape index (κ1) is 22.3. The Bertz CT molecular complexity index is 966. The second-order valence-electron chi connectivity index (χ2n) is 8.91. The zero-order chi connectivity index (χ0) is 22.9. The summed E-state index contributed by atoms with van der Waals surface area (Å²) in [6, 6.07) is 16.4. The molecule has 6 nitrogen and oxygen atoms in total. The molecular formula is C25H29FN2O4. The highest BCUT2D eigenvalue weighted by atomic mass is 19.1. The first-order valence-electron chi connectivity index (χ1n) is 10.9. The minimum Gasteiger partial charge on any atom is -0.497 e. The Balaban J connectivity index is 1.67. The summed E-state index contributed by atoms with van der Waals surface area (Å²) in [6.45, 7) is 4.68. The lowest BCUT2D eigenvalue weighted by Crippen LogP contribution is -2.54. The Morgan fingerprint density at radius 1 is 1.19 bits per heavy atom. The van der Waals surface area contributed by atoms with Crippen molar-refractivity contribution in [2.75, 3.05) is 26.8 Å². The Kier molecular flexibility index (Phi) is 6.20. The molecule has 0 spiro atoms. The molecular weight excluding hydrogens is 411 g/mol. The molecule has 2 aliphatic heterocycles. The van der Waals surface area contributed by atoms with E-state index in [0.29, 0.717) is 24.4 Å². The molecule has 4 rings (SSSR count). The second kappa shape index (κ2) is 8.90. The third-order valence-electron chi connectivity index (χ3n) is 6.46. The molecule has 0 aromatic heterocycles. The number of cyclic esters (lactones) is 1. The van der Waals surface area contributed by atoms with Gasteiger partial charge in [0.2, 0.25) is 5.67 Å². The maximum atomic E-state index is 16.8. The van der Waals surface area contributed by atoms with E-state index in [-0.39, 0.29) is 19.1 Å². The molecule has 0 radical (unpaired) electrons. The van der Waals surface area contributed by atoms with Crippen LogP contribution in [0.5, 0.6) is 5.75 Å². The zero-order valence-corrected chi connectivity index (χ0v) is 18.7. The van der Waals surface area contributed by atoms with Gasteiger partial charge < -0.3 is 9.47 Å². The number of imide groups is 1. The number of halogens is 1. The summed E-state index contributed by atoms with van der Waals surface area (Å²) in [5.74, 6) is -0.900. The predicted octanol–water partition coefficient (Wildman–Crippen LogP) is 4.01. The number of likely N-dealkylation sites (tertiary alicyclic amines) is 1. The van der Waals surface area contributed by atoms with Crippen LogP contribution < -0.4 is 4.74 Å². The molecule has 32 heavy (non-hydrogen) atoms. The van der Waals surface area contributed by atoms with Crippen LogP contribution in [-0.4, -0.2) is 60.3 Å². The molecule has 0 N–H and O–H groups in total. The van der Waals surface area contributed by atoms with Gasteiger partial charge in [-0.2, -0.15) is 0 Å². The molecule has 0 bridgehead atoms. The lowest BCUT2D eigenvalue weighted by Gasteiger charge is -2.31.